The second kappa shape index (κ2) is 8.24. The Morgan fingerprint density at radius 2 is 1.96 bits per heavy atom. The number of carbonyl (C=O) groups excluding carboxylic acids is 1. The number of amides is 1. The van der Waals surface area contributed by atoms with Crippen molar-refractivity contribution >= 4 is 33.0 Å². The fourth-order valence-corrected chi connectivity index (χ4v) is 5.16. The lowest BCUT2D eigenvalue weighted by Crippen LogP contribution is -2.48. The van der Waals surface area contributed by atoms with E-state index < -0.39 is 15.9 Å². The molecule has 2 N–H and O–H groups in total. The fourth-order valence-electron chi connectivity index (χ4n) is 2.99. The van der Waals surface area contributed by atoms with Crippen LogP contribution < -0.4 is 10.9 Å². The molecule has 144 valence electrons. The second-order valence-electron chi connectivity index (χ2n) is 6.59. The van der Waals surface area contributed by atoms with Crippen LogP contribution in [0, 0.1) is 12.8 Å². The summed E-state index contributed by atoms with van der Waals surface area (Å²) < 4.78 is 27.1. The third kappa shape index (κ3) is 4.58. The lowest BCUT2D eigenvalue weighted by atomic mass is 9.99. The fraction of sp³-hybridized carbons (Fsp3) is 0.316. The van der Waals surface area contributed by atoms with E-state index in [1.54, 1.807) is 24.3 Å². The van der Waals surface area contributed by atoms with Crippen LogP contribution >= 0.6 is 11.3 Å². The Labute approximate surface area is 163 Å². The van der Waals surface area contributed by atoms with Crippen molar-refractivity contribution in [1.29, 1.82) is 0 Å². The molecule has 3 rings (SSSR count). The monoisotopic (exact) mass is 405 g/mol. The molecule has 0 aliphatic carbocycles. The van der Waals surface area contributed by atoms with E-state index >= 15 is 0 Å². The molecule has 1 aromatic heterocycles. The average Bonchev–Trinajstić information content (AvgIpc) is 3.21. The minimum absolute atomic E-state index is 0.176. The summed E-state index contributed by atoms with van der Waals surface area (Å²) in [6, 6.07) is 10.6. The van der Waals surface area contributed by atoms with Crippen LogP contribution in [0.1, 0.15) is 23.3 Å². The van der Waals surface area contributed by atoms with Crippen LogP contribution in [0.2, 0.25) is 0 Å². The van der Waals surface area contributed by atoms with Gasteiger partial charge in [-0.25, -0.2) is 8.42 Å². The maximum Gasteiger partial charge on any atom is 0.243 e. The van der Waals surface area contributed by atoms with Gasteiger partial charge in [0.25, 0.3) is 0 Å². The standard InChI is InChI=1S/C19H23N3O3S2/c1-14-7-9-17(10-8-14)27(24,25)22-11-3-5-16(13-22)19(23)21-20-15(2)18-6-4-12-26-18/h4,6-10,12,16,20H,2-3,5,11,13H2,1H3,(H,21,23)/t16-/m1/s1. The zero-order valence-electron chi connectivity index (χ0n) is 15.1. The molecule has 0 spiro atoms. The summed E-state index contributed by atoms with van der Waals surface area (Å²) in [6.45, 7) is 6.41. The number of aryl methyl sites for hydroxylation is 1. The quantitative estimate of drug-likeness (QED) is 0.725. The van der Waals surface area contributed by atoms with Crippen LogP contribution in [0.25, 0.3) is 5.70 Å². The van der Waals surface area contributed by atoms with Gasteiger partial charge in [-0.2, -0.15) is 4.31 Å². The summed E-state index contributed by atoms with van der Waals surface area (Å²) in [7, 11) is -3.59. The number of rotatable bonds is 6. The third-order valence-electron chi connectivity index (χ3n) is 4.57. The first kappa shape index (κ1) is 19.6. The van der Waals surface area contributed by atoms with E-state index in [0.29, 0.717) is 25.1 Å². The van der Waals surface area contributed by atoms with Gasteiger partial charge in [0.1, 0.15) is 0 Å². The van der Waals surface area contributed by atoms with Crippen LogP contribution in [-0.4, -0.2) is 31.7 Å². The second-order valence-corrected chi connectivity index (χ2v) is 9.47. The minimum Gasteiger partial charge on any atom is -0.298 e. The van der Waals surface area contributed by atoms with Gasteiger partial charge in [0.05, 0.1) is 21.4 Å². The summed E-state index contributed by atoms with van der Waals surface area (Å²) in [6.07, 6.45) is 1.30. The normalized spacial score (nSPS) is 18.0. The van der Waals surface area contributed by atoms with Gasteiger partial charge in [-0.15, -0.1) is 11.3 Å². The van der Waals surface area contributed by atoms with Crippen molar-refractivity contribution in [3.8, 4) is 0 Å². The minimum atomic E-state index is -3.59. The Morgan fingerprint density at radius 1 is 1.22 bits per heavy atom. The van der Waals surface area contributed by atoms with E-state index in [0.717, 1.165) is 10.4 Å². The number of nitrogens with zero attached hydrogens (tertiary/aromatic N) is 1. The molecule has 1 aliphatic rings. The number of thiophene rings is 1. The lowest BCUT2D eigenvalue weighted by molar-refractivity contribution is -0.126. The van der Waals surface area contributed by atoms with Crippen LogP contribution in [0.5, 0.6) is 0 Å². The topological polar surface area (TPSA) is 78.5 Å². The van der Waals surface area contributed by atoms with Gasteiger partial charge >= 0.3 is 0 Å². The molecule has 1 saturated heterocycles. The van der Waals surface area contributed by atoms with E-state index in [4.69, 9.17) is 0 Å². The third-order valence-corrected chi connectivity index (χ3v) is 7.38. The molecule has 6 nitrogen and oxygen atoms in total. The van der Waals surface area contributed by atoms with Crippen molar-refractivity contribution in [2.24, 2.45) is 5.92 Å². The molecule has 1 fully saturated rings. The SMILES string of the molecule is C=C(NNC(=O)[C@@H]1CCCN(S(=O)(=O)c2ccc(C)cc2)C1)c1cccs1. The molecule has 0 bridgehead atoms. The van der Waals surface area contributed by atoms with E-state index in [9.17, 15) is 13.2 Å². The predicted octanol–water partition coefficient (Wildman–Crippen LogP) is 2.75. The number of hydrazine groups is 1. The van der Waals surface area contributed by atoms with Crippen molar-refractivity contribution in [1.82, 2.24) is 15.2 Å². The Morgan fingerprint density at radius 3 is 2.63 bits per heavy atom. The lowest BCUT2D eigenvalue weighted by Gasteiger charge is -2.31. The highest BCUT2D eigenvalue weighted by Crippen LogP contribution is 2.24. The molecule has 27 heavy (non-hydrogen) atoms. The highest BCUT2D eigenvalue weighted by Gasteiger charge is 2.33. The molecule has 1 aliphatic heterocycles. The smallest absolute Gasteiger partial charge is 0.243 e. The van der Waals surface area contributed by atoms with Crippen molar-refractivity contribution in [3.63, 3.8) is 0 Å². The summed E-state index contributed by atoms with van der Waals surface area (Å²) in [4.78, 5) is 13.7. The Bertz CT molecular complexity index is 906. The number of nitrogens with one attached hydrogen (secondary N) is 2. The molecular formula is C19H23N3O3S2. The van der Waals surface area contributed by atoms with Crippen molar-refractivity contribution in [2.45, 2.75) is 24.7 Å². The Balaban J connectivity index is 1.62. The van der Waals surface area contributed by atoms with Gasteiger partial charge in [0.15, 0.2) is 0 Å². The van der Waals surface area contributed by atoms with Gasteiger partial charge in [-0.3, -0.25) is 15.6 Å². The first-order chi connectivity index (χ1) is 12.9. The number of carbonyl (C=O) groups is 1. The Kier molecular flexibility index (Phi) is 5.98. The van der Waals surface area contributed by atoms with Crippen LogP contribution in [0.15, 0.2) is 53.3 Å². The number of piperidine rings is 1. The van der Waals surface area contributed by atoms with Gasteiger partial charge in [-0.1, -0.05) is 30.3 Å². The first-order valence-corrected chi connectivity index (χ1v) is 11.1. The molecule has 8 heteroatoms. The van der Waals surface area contributed by atoms with E-state index in [1.165, 1.54) is 15.6 Å². The van der Waals surface area contributed by atoms with Crippen molar-refractivity contribution in [3.05, 3.63) is 58.8 Å². The highest BCUT2D eigenvalue weighted by molar-refractivity contribution is 7.89. The molecule has 1 amide bonds. The molecule has 2 heterocycles. The van der Waals surface area contributed by atoms with Crippen molar-refractivity contribution in [2.75, 3.05) is 13.1 Å². The largest absolute Gasteiger partial charge is 0.298 e. The van der Waals surface area contributed by atoms with E-state index in [2.05, 4.69) is 17.4 Å². The maximum absolute atomic E-state index is 12.9. The number of sulfonamides is 1. The van der Waals surface area contributed by atoms with Crippen LogP contribution in [-0.2, 0) is 14.8 Å². The van der Waals surface area contributed by atoms with Gasteiger partial charge in [0.2, 0.25) is 15.9 Å². The molecule has 1 aromatic carbocycles. The average molecular weight is 406 g/mol. The number of hydrogen-bond acceptors (Lipinski definition) is 5. The molecule has 0 unspecified atom stereocenters. The van der Waals surface area contributed by atoms with Crippen LogP contribution in [0.4, 0.5) is 0 Å². The van der Waals surface area contributed by atoms with Crippen LogP contribution in [0.3, 0.4) is 0 Å². The molecular weight excluding hydrogens is 382 g/mol. The highest BCUT2D eigenvalue weighted by atomic mass is 32.2. The Hall–Kier alpha value is -2.16. The number of hydrogen-bond donors (Lipinski definition) is 2. The number of benzene rings is 1. The van der Waals surface area contributed by atoms with Gasteiger partial charge in [-0.05, 0) is 43.3 Å². The van der Waals surface area contributed by atoms with E-state index in [1.807, 2.05) is 24.4 Å². The summed E-state index contributed by atoms with van der Waals surface area (Å²) in [5.41, 5.74) is 7.09. The van der Waals surface area contributed by atoms with Gasteiger partial charge in [0, 0.05) is 13.1 Å². The summed E-state index contributed by atoms with van der Waals surface area (Å²) >= 11 is 1.52. The predicted molar refractivity (Wildman–Crippen MR) is 107 cm³/mol. The molecule has 1 atom stereocenters. The molecule has 0 saturated carbocycles. The molecule has 2 aromatic rings. The zero-order chi connectivity index (χ0) is 19.4. The van der Waals surface area contributed by atoms with Gasteiger partial charge < -0.3 is 0 Å². The molecule has 0 radical (unpaired) electrons. The maximum atomic E-state index is 12.9. The zero-order valence-corrected chi connectivity index (χ0v) is 16.8. The first-order valence-electron chi connectivity index (χ1n) is 8.73. The summed E-state index contributed by atoms with van der Waals surface area (Å²) in [5.74, 6) is -0.626. The van der Waals surface area contributed by atoms with E-state index in [-0.39, 0.29) is 17.3 Å². The van der Waals surface area contributed by atoms with Crippen molar-refractivity contribution < 1.29 is 13.2 Å². The summed E-state index contributed by atoms with van der Waals surface area (Å²) in [5, 5.41) is 1.93.